The van der Waals surface area contributed by atoms with E-state index < -0.39 is 5.54 Å². The average molecular weight is 233 g/mol. The van der Waals surface area contributed by atoms with Gasteiger partial charge < -0.3 is 10.8 Å². The third kappa shape index (κ3) is 2.56. The topological polar surface area (TPSA) is 63.3 Å². The Morgan fingerprint density at radius 2 is 2.12 bits per heavy atom. The summed E-state index contributed by atoms with van der Waals surface area (Å²) in [6.07, 6.45) is 2.70. The molecule has 17 heavy (non-hydrogen) atoms. The van der Waals surface area contributed by atoms with Crippen LogP contribution in [-0.2, 0) is 0 Å². The summed E-state index contributed by atoms with van der Waals surface area (Å²) < 4.78 is 0. The van der Waals surface area contributed by atoms with Crippen LogP contribution >= 0.6 is 0 Å². The van der Waals surface area contributed by atoms with Crippen LogP contribution in [0.5, 0.6) is 0 Å². The Balaban J connectivity index is 2.12. The maximum atomic E-state index is 11.2. The van der Waals surface area contributed by atoms with Crippen LogP contribution in [0.2, 0.25) is 0 Å². The van der Waals surface area contributed by atoms with Crippen LogP contribution in [0, 0.1) is 0 Å². The number of Topliss-reactive ketones (excluding diaryl/α,β-unsaturated/α-hetero) is 1. The molecule has 0 aromatic heterocycles. The zero-order valence-electron chi connectivity index (χ0n) is 10.1. The number of aliphatic hydroxyl groups excluding tert-OH is 1. The highest BCUT2D eigenvalue weighted by Crippen LogP contribution is 2.39. The highest BCUT2D eigenvalue weighted by atomic mass is 16.3. The molecule has 0 radical (unpaired) electrons. The lowest BCUT2D eigenvalue weighted by Crippen LogP contribution is -2.40. The van der Waals surface area contributed by atoms with Gasteiger partial charge in [-0.2, -0.15) is 0 Å². The second-order valence-corrected chi connectivity index (χ2v) is 5.14. The van der Waals surface area contributed by atoms with Gasteiger partial charge in [0.1, 0.15) is 0 Å². The van der Waals surface area contributed by atoms with Crippen molar-refractivity contribution in [2.45, 2.75) is 37.6 Å². The van der Waals surface area contributed by atoms with Crippen LogP contribution < -0.4 is 5.73 Å². The smallest absolute Gasteiger partial charge is 0.159 e. The lowest BCUT2D eigenvalue weighted by atomic mass is 9.93. The molecule has 1 aliphatic rings. The predicted octanol–water partition coefficient (Wildman–Crippen LogP) is 1.85. The summed E-state index contributed by atoms with van der Waals surface area (Å²) >= 11 is 0. The maximum Gasteiger partial charge on any atom is 0.159 e. The fraction of sp³-hybridized carbons (Fsp3) is 0.500. The SMILES string of the molecule is CC(=O)c1ccc([C@H]2CC[C@](N)(CO)C2)cc1. The van der Waals surface area contributed by atoms with Crippen molar-refractivity contribution in [2.24, 2.45) is 5.73 Å². The Labute approximate surface area is 102 Å². The summed E-state index contributed by atoms with van der Waals surface area (Å²) in [5.41, 5.74) is 7.61. The van der Waals surface area contributed by atoms with Crippen LogP contribution in [0.4, 0.5) is 0 Å². The number of carbonyl (C=O) groups excluding carboxylic acids is 1. The van der Waals surface area contributed by atoms with Gasteiger partial charge in [0.25, 0.3) is 0 Å². The van der Waals surface area contributed by atoms with Crippen LogP contribution in [-0.4, -0.2) is 23.0 Å². The number of carbonyl (C=O) groups is 1. The first-order chi connectivity index (χ1) is 8.04. The highest BCUT2D eigenvalue weighted by Gasteiger charge is 2.35. The van der Waals surface area contributed by atoms with E-state index in [4.69, 9.17) is 5.73 Å². The fourth-order valence-corrected chi connectivity index (χ4v) is 2.57. The minimum absolute atomic E-state index is 0.0506. The van der Waals surface area contributed by atoms with Gasteiger partial charge in [0.15, 0.2) is 5.78 Å². The third-order valence-electron chi connectivity index (χ3n) is 3.75. The third-order valence-corrected chi connectivity index (χ3v) is 3.75. The largest absolute Gasteiger partial charge is 0.394 e. The molecule has 3 heteroatoms. The van der Waals surface area contributed by atoms with Gasteiger partial charge in [0, 0.05) is 11.1 Å². The standard InChI is InChI=1S/C14H19NO2/c1-10(17)11-2-4-12(5-3-11)13-6-7-14(15,8-13)9-16/h2-5,13,16H,6-9,15H2,1H3/t13-,14+/m0/s1. The lowest BCUT2D eigenvalue weighted by Gasteiger charge is -2.20. The first-order valence-electron chi connectivity index (χ1n) is 6.05. The van der Waals surface area contributed by atoms with Gasteiger partial charge in [-0.3, -0.25) is 4.79 Å². The van der Waals surface area contributed by atoms with Crippen molar-refractivity contribution < 1.29 is 9.90 Å². The molecule has 1 fully saturated rings. The Morgan fingerprint density at radius 1 is 1.47 bits per heavy atom. The first-order valence-corrected chi connectivity index (χ1v) is 6.05. The molecule has 2 rings (SSSR count). The van der Waals surface area contributed by atoms with Gasteiger partial charge in [-0.05, 0) is 37.7 Å². The molecule has 0 saturated heterocycles. The van der Waals surface area contributed by atoms with Crippen LogP contribution in [0.15, 0.2) is 24.3 Å². The summed E-state index contributed by atoms with van der Waals surface area (Å²) in [5, 5.41) is 9.24. The molecule has 0 aliphatic heterocycles. The Hall–Kier alpha value is -1.19. The van der Waals surface area contributed by atoms with E-state index in [2.05, 4.69) is 0 Å². The zero-order valence-corrected chi connectivity index (χ0v) is 10.1. The van der Waals surface area contributed by atoms with Crippen LogP contribution in [0.25, 0.3) is 0 Å². The molecular weight excluding hydrogens is 214 g/mol. The number of hydrogen-bond acceptors (Lipinski definition) is 3. The first kappa shape index (κ1) is 12.3. The van der Waals surface area contributed by atoms with E-state index in [0.29, 0.717) is 5.92 Å². The van der Waals surface area contributed by atoms with E-state index in [9.17, 15) is 9.90 Å². The second-order valence-electron chi connectivity index (χ2n) is 5.14. The summed E-state index contributed by atoms with van der Waals surface area (Å²) in [5.74, 6) is 0.500. The Bertz CT molecular complexity index is 413. The van der Waals surface area contributed by atoms with Crippen LogP contribution in [0.3, 0.4) is 0 Å². The maximum absolute atomic E-state index is 11.2. The van der Waals surface area contributed by atoms with Crippen molar-refractivity contribution >= 4 is 5.78 Å². The Morgan fingerprint density at radius 3 is 2.59 bits per heavy atom. The molecule has 1 aromatic rings. The molecule has 3 nitrogen and oxygen atoms in total. The van der Waals surface area contributed by atoms with Gasteiger partial charge >= 0.3 is 0 Å². The van der Waals surface area contributed by atoms with Crippen molar-refractivity contribution in [1.29, 1.82) is 0 Å². The number of rotatable bonds is 3. The molecule has 0 spiro atoms. The minimum Gasteiger partial charge on any atom is -0.394 e. The average Bonchev–Trinajstić information content (AvgIpc) is 2.73. The van der Waals surface area contributed by atoms with E-state index in [-0.39, 0.29) is 12.4 Å². The molecule has 2 atom stereocenters. The minimum atomic E-state index is -0.413. The van der Waals surface area contributed by atoms with Crippen molar-refractivity contribution in [3.63, 3.8) is 0 Å². The summed E-state index contributed by atoms with van der Waals surface area (Å²) in [4.78, 5) is 11.2. The molecule has 0 bridgehead atoms. The van der Waals surface area contributed by atoms with Crippen molar-refractivity contribution in [3.8, 4) is 0 Å². The van der Waals surface area contributed by atoms with Crippen LogP contribution in [0.1, 0.15) is 48.0 Å². The lowest BCUT2D eigenvalue weighted by molar-refractivity contribution is 0.101. The molecule has 0 amide bonds. The number of hydrogen-bond donors (Lipinski definition) is 2. The van der Waals surface area contributed by atoms with E-state index in [0.717, 1.165) is 24.8 Å². The van der Waals surface area contributed by atoms with E-state index >= 15 is 0 Å². The predicted molar refractivity (Wildman–Crippen MR) is 67.0 cm³/mol. The van der Waals surface area contributed by atoms with Gasteiger partial charge in [-0.1, -0.05) is 24.3 Å². The number of aliphatic hydroxyl groups is 1. The normalized spacial score (nSPS) is 28.3. The molecule has 1 aliphatic carbocycles. The fourth-order valence-electron chi connectivity index (χ4n) is 2.57. The second kappa shape index (κ2) is 4.59. The van der Waals surface area contributed by atoms with Crippen molar-refractivity contribution in [1.82, 2.24) is 0 Å². The molecule has 92 valence electrons. The van der Waals surface area contributed by atoms with E-state index in [1.54, 1.807) is 6.92 Å². The monoisotopic (exact) mass is 233 g/mol. The van der Waals surface area contributed by atoms with Crippen molar-refractivity contribution in [2.75, 3.05) is 6.61 Å². The summed E-state index contributed by atoms with van der Waals surface area (Å²) in [7, 11) is 0. The summed E-state index contributed by atoms with van der Waals surface area (Å²) in [6.45, 7) is 1.62. The molecule has 1 saturated carbocycles. The quantitative estimate of drug-likeness (QED) is 0.783. The number of nitrogens with two attached hydrogens (primary N) is 1. The van der Waals surface area contributed by atoms with Gasteiger partial charge in [0.2, 0.25) is 0 Å². The highest BCUT2D eigenvalue weighted by molar-refractivity contribution is 5.94. The van der Waals surface area contributed by atoms with E-state index in [1.807, 2.05) is 24.3 Å². The summed E-state index contributed by atoms with van der Waals surface area (Å²) in [6, 6.07) is 7.75. The number of ketones is 1. The van der Waals surface area contributed by atoms with Gasteiger partial charge in [0.05, 0.1) is 6.61 Å². The van der Waals surface area contributed by atoms with E-state index in [1.165, 1.54) is 5.56 Å². The van der Waals surface area contributed by atoms with Gasteiger partial charge in [-0.25, -0.2) is 0 Å². The number of benzene rings is 1. The molecular formula is C14H19NO2. The molecule has 0 unspecified atom stereocenters. The van der Waals surface area contributed by atoms with Gasteiger partial charge in [-0.15, -0.1) is 0 Å². The Kier molecular flexibility index (Phi) is 3.31. The zero-order chi connectivity index (χ0) is 12.5. The molecule has 3 N–H and O–H groups in total. The van der Waals surface area contributed by atoms with Crippen molar-refractivity contribution in [3.05, 3.63) is 35.4 Å². The molecule has 0 heterocycles. The molecule has 1 aromatic carbocycles.